The zero-order valence-electron chi connectivity index (χ0n) is 14.8. The second-order valence-electron chi connectivity index (χ2n) is 7.10. The van der Waals surface area contributed by atoms with Gasteiger partial charge in [0, 0.05) is 12.6 Å². The van der Waals surface area contributed by atoms with Crippen molar-refractivity contribution in [2.45, 2.75) is 58.1 Å². The number of hydrogen-bond acceptors (Lipinski definition) is 4. The number of likely N-dealkylation sites (tertiary alicyclic amines) is 1. The van der Waals surface area contributed by atoms with Crippen molar-refractivity contribution >= 4 is 5.91 Å². The van der Waals surface area contributed by atoms with Gasteiger partial charge in [-0.25, -0.2) is 0 Å². The van der Waals surface area contributed by atoms with Gasteiger partial charge in [0.05, 0.1) is 11.7 Å². The fourth-order valence-electron chi connectivity index (χ4n) is 3.98. The lowest BCUT2D eigenvalue weighted by Gasteiger charge is -2.26. The van der Waals surface area contributed by atoms with Crippen molar-refractivity contribution in [2.75, 3.05) is 6.54 Å². The van der Waals surface area contributed by atoms with E-state index in [9.17, 15) is 4.79 Å². The van der Waals surface area contributed by atoms with E-state index >= 15 is 0 Å². The summed E-state index contributed by atoms with van der Waals surface area (Å²) in [6.45, 7) is 4.46. The van der Waals surface area contributed by atoms with Crippen molar-refractivity contribution in [1.82, 2.24) is 10.1 Å². The third-order valence-electron chi connectivity index (χ3n) is 5.24. The molecule has 0 N–H and O–H groups in total. The summed E-state index contributed by atoms with van der Waals surface area (Å²) < 4.78 is 11.4. The Morgan fingerprint density at radius 2 is 2.12 bits per heavy atom. The molecule has 25 heavy (non-hydrogen) atoms. The minimum Gasteiger partial charge on any atom is -0.481 e. The monoisotopic (exact) mass is 340 g/mol. The first-order valence-electron chi connectivity index (χ1n) is 9.14. The fraction of sp³-hybridized carbons (Fsp3) is 0.500. The van der Waals surface area contributed by atoms with Gasteiger partial charge in [0.25, 0.3) is 5.91 Å². The van der Waals surface area contributed by atoms with Gasteiger partial charge >= 0.3 is 0 Å². The van der Waals surface area contributed by atoms with Gasteiger partial charge < -0.3 is 14.2 Å². The molecule has 5 nitrogen and oxygen atoms in total. The van der Waals surface area contributed by atoms with Crippen LogP contribution in [0.4, 0.5) is 0 Å². The molecule has 1 fully saturated rings. The molecule has 0 saturated carbocycles. The van der Waals surface area contributed by atoms with Gasteiger partial charge in [-0.3, -0.25) is 4.79 Å². The molecule has 1 saturated heterocycles. The molecule has 1 amide bonds. The molecule has 0 spiro atoms. The molecule has 2 heterocycles. The Balaban J connectivity index is 1.46. The van der Waals surface area contributed by atoms with Crippen LogP contribution in [0.2, 0.25) is 0 Å². The summed E-state index contributed by atoms with van der Waals surface area (Å²) in [5.74, 6) is 1.57. The highest BCUT2D eigenvalue weighted by molar-refractivity contribution is 5.81. The van der Waals surface area contributed by atoms with Gasteiger partial charge in [0.15, 0.2) is 11.9 Å². The topological polar surface area (TPSA) is 55.6 Å². The zero-order valence-corrected chi connectivity index (χ0v) is 14.8. The molecule has 0 radical (unpaired) electrons. The van der Waals surface area contributed by atoms with E-state index in [1.165, 1.54) is 17.5 Å². The zero-order chi connectivity index (χ0) is 17.4. The number of amides is 1. The highest BCUT2D eigenvalue weighted by atomic mass is 16.5. The second-order valence-corrected chi connectivity index (χ2v) is 7.10. The highest BCUT2D eigenvalue weighted by Crippen LogP contribution is 2.33. The van der Waals surface area contributed by atoms with Crippen LogP contribution in [-0.4, -0.2) is 28.6 Å². The van der Waals surface area contributed by atoms with E-state index < -0.39 is 6.10 Å². The summed E-state index contributed by atoms with van der Waals surface area (Å²) in [5, 5.41) is 3.96. The molecule has 1 aliphatic carbocycles. The van der Waals surface area contributed by atoms with Crippen LogP contribution in [0, 0.1) is 6.92 Å². The van der Waals surface area contributed by atoms with E-state index in [4.69, 9.17) is 9.26 Å². The summed E-state index contributed by atoms with van der Waals surface area (Å²) in [6.07, 6.45) is 4.83. The SMILES string of the molecule is Cc1cc(C2CCCN2C(=O)C(C)Oc2ccc3c(c2)CCC3)on1. The third-order valence-corrected chi connectivity index (χ3v) is 5.24. The number of aromatic nitrogens is 1. The Bertz CT molecular complexity index is 783. The molecule has 1 aromatic carbocycles. The predicted octanol–water partition coefficient (Wildman–Crippen LogP) is 3.60. The number of ether oxygens (including phenoxy) is 1. The van der Waals surface area contributed by atoms with Crippen LogP contribution in [0.3, 0.4) is 0 Å². The molecule has 4 rings (SSSR count). The number of hydrogen-bond donors (Lipinski definition) is 0. The molecule has 1 aliphatic heterocycles. The summed E-state index contributed by atoms with van der Waals surface area (Å²) >= 11 is 0. The van der Waals surface area contributed by atoms with E-state index in [1.807, 2.05) is 30.9 Å². The lowest BCUT2D eigenvalue weighted by Crippen LogP contribution is -2.40. The first-order valence-corrected chi connectivity index (χ1v) is 9.14. The Hall–Kier alpha value is -2.30. The Kier molecular flexibility index (Phi) is 4.24. The molecular weight excluding hydrogens is 316 g/mol. The Morgan fingerprint density at radius 3 is 2.92 bits per heavy atom. The smallest absolute Gasteiger partial charge is 0.263 e. The lowest BCUT2D eigenvalue weighted by molar-refractivity contribution is -0.139. The van der Waals surface area contributed by atoms with E-state index in [-0.39, 0.29) is 11.9 Å². The quantitative estimate of drug-likeness (QED) is 0.853. The van der Waals surface area contributed by atoms with Crippen LogP contribution < -0.4 is 4.74 Å². The van der Waals surface area contributed by atoms with Crippen molar-refractivity contribution in [2.24, 2.45) is 0 Å². The van der Waals surface area contributed by atoms with Gasteiger partial charge in [0.1, 0.15) is 5.75 Å². The van der Waals surface area contributed by atoms with Crippen LogP contribution in [-0.2, 0) is 17.6 Å². The summed E-state index contributed by atoms with van der Waals surface area (Å²) in [6, 6.07) is 8.09. The van der Waals surface area contributed by atoms with Crippen LogP contribution in [0.1, 0.15) is 54.8 Å². The first-order chi connectivity index (χ1) is 12.1. The molecular formula is C20H24N2O3. The second kappa shape index (κ2) is 6.54. The van der Waals surface area contributed by atoms with E-state index in [1.54, 1.807) is 0 Å². The standard InChI is InChI=1S/C20H24N2O3/c1-13-11-19(25-21-13)18-7-4-10-22(18)20(23)14(2)24-17-9-8-15-5-3-6-16(15)12-17/h8-9,11-12,14,18H,3-7,10H2,1-2H3. The third kappa shape index (κ3) is 3.15. The maximum absolute atomic E-state index is 12.9. The minimum absolute atomic E-state index is 0.0112. The maximum atomic E-state index is 12.9. The number of fused-ring (bicyclic) bond motifs is 1. The average Bonchev–Trinajstić information content (AvgIpc) is 3.33. The highest BCUT2D eigenvalue weighted by Gasteiger charge is 2.35. The van der Waals surface area contributed by atoms with Gasteiger partial charge in [-0.05, 0) is 69.2 Å². The summed E-state index contributed by atoms with van der Waals surface area (Å²) in [4.78, 5) is 14.8. The van der Waals surface area contributed by atoms with Crippen molar-refractivity contribution < 1.29 is 14.1 Å². The van der Waals surface area contributed by atoms with E-state index in [0.717, 1.165) is 49.4 Å². The average molecular weight is 340 g/mol. The van der Waals surface area contributed by atoms with Crippen LogP contribution in [0.15, 0.2) is 28.8 Å². The van der Waals surface area contributed by atoms with Crippen LogP contribution in [0.25, 0.3) is 0 Å². The molecule has 2 aliphatic rings. The summed E-state index contributed by atoms with van der Waals surface area (Å²) in [5.41, 5.74) is 3.61. The number of benzene rings is 1. The van der Waals surface area contributed by atoms with Crippen molar-refractivity contribution in [3.05, 3.63) is 46.8 Å². The number of carbonyl (C=O) groups excluding carboxylic acids is 1. The van der Waals surface area contributed by atoms with E-state index in [0.29, 0.717) is 0 Å². The number of rotatable bonds is 4. The van der Waals surface area contributed by atoms with Crippen molar-refractivity contribution in [1.29, 1.82) is 0 Å². The number of nitrogens with zero attached hydrogens (tertiary/aromatic N) is 2. The predicted molar refractivity (Wildman–Crippen MR) is 93.5 cm³/mol. The Morgan fingerprint density at radius 1 is 1.28 bits per heavy atom. The molecule has 2 atom stereocenters. The molecule has 132 valence electrons. The van der Waals surface area contributed by atoms with Gasteiger partial charge in [0.2, 0.25) is 0 Å². The van der Waals surface area contributed by atoms with Gasteiger partial charge in [-0.15, -0.1) is 0 Å². The first kappa shape index (κ1) is 16.2. The lowest BCUT2D eigenvalue weighted by atomic mass is 10.1. The number of carbonyl (C=O) groups is 1. The molecule has 5 heteroatoms. The van der Waals surface area contributed by atoms with Crippen molar-refractivity contribution in [3.63, 3.8) is 0 Å². The van der Waals surface area contributed by atoms with E-state index in [2.05, 4.69) is 17.3 Å². The van der Waals surface area contributed by atoms with Crippen LogP contribution in [0.5, 0.6) is 5.75 Å². The molecule has 2 aromatic rings. The largest absolute Gasteiger partial charge is 0.481 e. The molecule has 1 aromatic heterocycles. The van der Waals surface area contributed by atoms with Gasteiger partial charge in [-0.2, -0.15) is 0 Å². The van der Waals surface area contributed by atoms with Crippen LogP contribution >= 0.6 is 0 Å². The fourth-order valence-corrected chi connectivity index (χ4v) is 3.98. The maximum Gasteiger partial charge on any atom is 0.263 e. The Labute approximate surface area is 147 Å². The van der Waals surface area contributed by atoms with Gasteiger partial charge in [-0.1, -0.05) is 11.2 Å². The molecule has 0 bridgehead atoms. The van der Waals surface area contributed by atoms with Crippen molar-refractivity contribution in [3.8, 4) is 5.75 Å². The minimum atomic E-state index is -0.510. The normalized spacial score (nSPS) is 20.6. The molecule has 2 unspecified atom stereocenters. The summed E-state index contributed by atoms with van der Waals surface area (Å²) in [7, 11) is 0. The number of aryl methyl sites for hydroxylation is 3.